The first-order valence-corrected chi connectivity index (χ1v) is 9.91. The van der Waals surface area contributed by atoms with Crippen LogP contribution in [0, 0.1) is 5.82 Å². The van der Waals surface area contributed by atoms with Crippen molar-refractivity contribution in [2.24, 2.45) is 0 Å². The molecule has 0 fully saturated rings. The number of thiazole rings is 1. The van der Waals surface area contributed by atoms with Crippen LogP contribution in [-0.2, 0) is 0 Å². The van der Waals surface area contributed by atoms with Crippen molar-refractivity contribution in [2.75, 3.05) is 24.9 Å². The van der Waals surface area contributed by atoms with Crippen molar-refractivity contribution in [3.63, 3.8) is 0 Å². The molecule has 2 aromatic carbocycles. The van der Waals surface area contributed by atoms with Gasteiger partial charge in [-0.1, -0.05) is 0 Å². The van der Waals surface area contributed by atoms with Crippen LogP contribution in [0.1, 0.15) is 0 Å². The molecule has 0 bridgehead atoms. The summed E-state index contributed by atoms with van der Waals surface area (Å²) in [7, 11) is 3.08. The number of nitrogens with zero attached hydrogens (tertiary/aromatic N) is 2. The fraction of sp³-hybridized carbons (Fsp3) is 0.0952. The van der Waals surface area contributed by atoms with Gasteiger partial charge in [-0.25, -0.2) is 14.2 Å². The largest absolute Gasteiger partial charge is 0.493 e. The van der Waals surface area contributed by atoms with Gasteiger partial charge in [0.1, 0.15) is 17.3 Å². The number of benzene rings is 2. The number of ether oxygens (including phenoxy) is 3. The molecule has 0 aliphatic carbocycles. The zero-order chi connectivity index (χ0) is 21.8. The first-order chi connectivity index (χ1) is 15.1. The van der Waals surface area contributed by atoms with E-state index in [1.54, 1.807) is 49.1 Å². The fourth-order valence-corrected chi connectivity index (χ4v) is 3.38. The summed E-state index contributed by atoms with van der Waals surface area (Å²) in [4.78, 5) is 20.2. The maximum absolute atomic E-state index is 14.5. The summed E-state index contributed by atoms with van der Waals surface area (Å²) in [6.45, 7) is 0. The molecule has 0 atom stereocenters. The third kappa shape index (κ3) is 4.98. The molecule has 2 aromatic heterocycles. The molecule has 4 rings (SSSR count). The van der Waals surface area contributed by atoms with Gasteiger partial charge in [-0.15, -0.1) is 23.7 Å². The van der Waals surface area contributed by atoms with E-state index in [0.29, 0.717) is 33.3 Å². The molecule has 2 heterocycles. The van der Waals surface area contributed by atoms with Crippen LogP contribution < -0.4 is 24.8 Å². The molecule has 0 aliphatic heterocycles. The van der Waals surface area contributed by atoms with Gasteiger partial charge < -0.3 is 19.5 Å². The Morgan fingerprint density at radius 1 is 0.969 bits per heavy atom. The zero-order valence-electron chi connectivity index (χ0n) is 16.9. The van der Waals surface area contributed by atoms with Crippen LogP contribution in [0.15, 0.2) is 54.2 Å². The molecule has 0 radical (unpaired) electrons. The molecule has 2 N–H and O–H groups in total. The summed E-state index contributed by atoms with van der Waals surface area (Å²) in [5, 5.41) is 7.77. The van der Waals surface area contributed by atoms with E-state index in [0.717, 1.165) is 0 Å². The molecule has 11 heteroatoms. The van der Waals surface area contributed by atoms with Gasteiger partial charge >= 0.3 is 6.03 Å². The van der Waals surface area contributed by atoms with E-state index in [4.69, 9.17) is 14.2 Å². The summed E-state index contributed by atoms with van der Waals surface area (Å²) in [5.74, 6) is 1.13. The summed E-state index contributed by atoms with van der Waals surface area (Å²) >= 11 is 1.26. The Labute approximate surface area is 192 Å². The van der Waals surface area contributed by atoms with Crippen LogP contribution in [0.3, 0.4) is 0 Å². The number of methoxy groups -OCH3 is 2. The molecule has 32 heavy (non-hydrogen) atoms. The Morgan fingerprint density at radius 2 is 1.75 bits per heavy atom. The molecule has 0 unspecified atom stereocenters. The average molecular weight is 477 g/mol. The van der Waals surface area contributed by atoms with Crippen LogP contribution in [0.5, 0.6) is 23.0 Å². The highest BCUT2D eigenvalue weighted by molar-refractivity contribution is 7.13. The lowest BCUT2D eigenvalue weighted by molar-refractivity contribution is 0.262. The highest BCUT2D eigenvalue weighted by Crippen LogP contribution is 2.37. The van der Waals surface area contributed by atoms with E-state index in [1.807, 2.05) is 0 Å². The van der Waals surface area contributed by atoms with Gasteiger partial charge in [0.05, 0.1) is 25.4 Å². The third-order valence-corrected chi connectivity index (χ3v) is 4.96. The quantitative estimate of drug-likeness (QED) is 0.370. The number of rotatable bonds is 6. The van der Waals surface area contributed by atoms with Gasteiger partial charge in [0.2, 0.25) is 0 Å². The van der Waals surface area contributed by atoms with Gasteiger partial charge in [0, 0.05) is 35.3 Å². The number of halogens is 2. The van der Waals surface area contributed by atoms with E-state index < -0.39 is 11.8 Å². The topological polar surface area (TPSA) is 94.6 Å². The van der Waals surface area contributed by atoms with Crippen molar-refractivity contribution in [3.05, 3.63) is 60.0 Å². The number of amides is 2. The predicted octanol–water partition coefficient (Wildman–Crippen LogP) is 5.71. The average Bonchev–Trinajstić information content (AvgIpc) is 3.27. The Kier molecular flexibility index (Phi) is 7.29. The fourth-order valence-electron chi connectivity index (χ4n) is 2.86. The zero-order valence-corrected chi connectivity index (χ0v) is 18.6. The van der Waals surface area contributed by atoms with Gasteiger partial charge in [0.25, 0.3) is 0 Å². The summed E-state index contributed by atoms with van der Waals surface area (Å²) < 4.78 is 31.1. The smallest absolute Gasteiger partial charge is 0.325 e. The summed E-state index contributed by atoms with van der Waals surface area (Å²) in [6, 6.07) is 8.70. The predicted molar refractivity (Wildman–Crippen MR) is 123 cm³/mol. The maximum Gasteiger partial charge on any atom is 0.325 e. The molecular weight excluding hydrogens is 459 g/mol. The minimum Gasteiger partial charge on any atom is -0.493 e. The van der Waals surface area contributed by atoms with E-state index in [-0.39, 0.29) is 23.8 Å². The molecule has 166 valence electrons. The molecule has 2 amide bonds. The normalized spacial score (nSPS) is 10.2. The Hall–Kier alpha value is -3.63. The minimum atomic E-state index is -0.649. The SMILES string of the molecule is COc1cc2nccc(Oc3ccc(NC(=O)Nc4nccs4)c(F)c3)c2cc1OC.Cl. The lowest BCUT2D eigenvalue weighted by Crippen LogP contribution is -2.19. The maximum atomic E-state index is 14.5. The van der Waals surface area contributed by atoms with E-state index in [2.05, 4.69) is 20.6 Å². The third-order valence-electron chi connectivity index (χ3n) is 4.28. The molecular formula is C21H18ClFN4O4S. The number of anilines is 2. The second-order valence-electron chi connectivity index (χ2n) is 6.19. The number of carbonyl (C=O) groups excluding carboxylic acids is 1. The first kappa shape index (κ1) is 23.0. The number of hydrogen-bond donors (Lipinski definition) is 2. The number of carbonyl (C=O) groups is 1. The van der Waals surface area contributed by atoms with Crippen LogP contribution in [0.2, 0.25) is 0 Å². The second-order valence-corrected chi connectivity index (χ2v) is 7.09. The van der Waals surface area contributed by atoms with Crippen molar-refractivity contribution in [1.29, 1.82) is 0 Å². The Bertz CT molecular complexity index is 1240. The second kappa shape index (κ2) is 10.1. The molecule has 0 aliphatic rings. The molecule has 0 saturated heterocycles. The summed E-state index contributed by atoms with van der Waals surface area (Å²) in [6.07, 6.45) is 3.14. The lowest BCUT2D eigenvalue weighted by Gasteiger charge is -2.13. The molecule has 0 saturated carbocycles. The van der Waals surface area contributed by atoms with Crippen LogP contribution in [0.4, 0.5) is 20.0 Å². The highest BCUT2D eigenvalue weighted by atomic mass is 35.5. The van der Waals surface area contributed by atoms with Crippen LogP contribution in [-0.4, -0.2) is 30.2 Å². The first-order valence-electron chi connectivity index (χ1n) is 9.03. The van der Waals surface area contributed by atoms with Gasteiger partial charge in [-0.05, 0) is 24.3 Å². The minimum absolute atomic E-state index is 0. The Morgan fingerprint density at radius 3 is 2.44 bits per heavy atom. The van der Waals surface area contributed by atoms with E-state index in [1.165, 1.54) is 30.6 Å². The van der Waals surface area contributed by atoms with E-state index in [9.17, 15) is 9.18 Å². The Balaban J connectivity index is 0.00000289. The number of nitrogens with one attached hydrogen (secondary N) is 2. The van der Waals surface area contributed by atoms with Crippen molar-refractivity contribution in [2.45, 2.75) is 0 Å². The molecule has 8 nitrogen and oxygen atoms in total. The standard InChI is InChI=1S/C21H17FN4O4S.ClH/c1-28-18-10-13-16(11-19(18)29-2)23-6-5-17(13)30-12-3-4-15(14(22)9-12)25-20(27)26-21-24-7-8-31-21;/h3-11H,1-2H3,(H2,24,25,26,27);1H. The monoisotopic (exact) mass is 476 g/mol. The lowest BCUT2D eigenvalue weighted by atomic mass is 10.2. The number of urea groups is 1. The highest BCUT2D eigenvalue weighted by Gasteiger charge is 2.13. The number of aromatic nitrogens is 2. The summed E-state index contributed by atoms with van der Waals surface area (Å²) in [5.41, 5.74) is 0.639. The van der Waals surface area contributed by atoms with Crippen molar-refractivity contribution in [1.82, 2.24) is 9.97 Å². The van der Waals surface area contributed by atoms with E-state index >= 15 is 0 Å². The van der Waals surface area contributed by atoms with Gasteiger partial charge in [-0.2, -0.15) is 0 Å². The molecule has 4 aromatic rings. The van der Waals surface area contributed by atoms with Crippen molar-refractivity contribution < 1.29 is 23.4 Å². The van der Waals surface area contributed by atoms with Gasteiger partial charge in [0.15, 0.2) is 16.6 Å². The van der Waals surface area contributed by atoms with Gasteiger partial charge in [-0.3, -0.25) is 10.3 Å². The van der Waals surface area contributed by atoms with Crippen molar-refractivity contribution in [3.8, 4) is 23.0 Å². The number of fused-ring (bicyclic) bond motifs is 1. The van der Waals surface area contributed by atoms with Crippen LogP contribution in [0.25, 0.3) is 10.9 Å². The number of hydrogen-bond acceptors (Lipinski definition) is 7. The molecule has 0 spiro atoms. The van der Waals surface area contributed by atoms with Crippen LogP contribution >= 0.6 is 23.7 Å². The van der Waals surface area contributed by atoms with Crippen molar-refractivity contribution >= 4 is 51.5 Å². The number of pyridine rings is 1.